The Kier molecular flexibility index (Phi) is 4.56. The van der Waals surface area contributed by atoms with Crippen LogP contribution in [0.4, 0.5) is 0 Å². The molecule has 0 radical (unpaired) electrons. The van der Waals surface area contributed by atoms with E-state index < -0.39 is 0 Å². The van der Waals surface area contributed by atoms with Crippen LogP contribution >= 0.6 is 0 Å². The number of nitrogens with zero attached hydrogens (tertiary/aromatic N) is 1. The molecule has 24 heavy (non-hydrogen) atoms. The van der Waals surface area contributed by atoms with Gasteiger partial charge in [-0.1, -0.05) is 56.3 Å². The summed E-state index contributed by atoms with van der Waals surface area (Å²) in [6.07, 6.45) is 13.5. The van der Waals surface area contributed by atoms with Gasteiger partial charge in [-0.25, -0.2) is 0 Å². The Bertz CT molecular complexity index is 573. The van der Waals surface area contributed by atoms with E-state index >= 15 is 0 Å². The third-order valence-electron chi connectivity index (χ3n) is 7.17. The Balaban J connectivity index is 1.32. The van der Waals surface area contributed by atoms with E-state index in [0.717, 1.165) is 23.8 Å². The molecule has 4 unspecified atom stereocenters. The van der Waals surface area contributed by atoms with Crippen LogP contribution in [0.15, 0.2) is 36.4 Å². The Morgan fingerprint density at radius 1 is 1.08 bits per heavy atom. The second-order valence-corrected chi connectivity index (χ2v) is 9.02. The van der Waals surface area contributed by atoms with Gasteiger partial charge in [0.2, 0.25) is 0 Å². The summed E-state index contributed by atoms with van der Waals surface area (Å²) in [6, 6.07) is 11.6. The van der Waals surface area contributed by atoms with E-state index in [0.29, 0.717) is 5.41 Å². The highest BCUT2D eigenvalue weighted by Crippen LogP contribution is 2.55. The molecule has 2 saturated carbocycles. The monoisotopic (exact) mass is 323 g/mol. The molecule has 0 aromatic heterocycles. The van der Waals surface area contributed by atoms with Crippen molar-refractivity contribution in [3.8, 4) is 0 Å². The lowest BCUT2D eigenvalue weighted by Gasteiger charge is -2.40. The molecule has 1 saturated heterocycles. The zero-order chi connectivity index (χ0) is 16.6. The van der Waals surface area contributed by atoms with Crippen molar-refractivity contribution in [1.82, 2.24) is 4.90 Å². The fourth-order valence-electron chi connectivity index (χ4n) is 5.31. The van der Waals surface area contributed by atoms with E-state index in [1.807, 2.05) is 0 Å². The first-order valence-electron chi connectivity index (χ1n) is 10.1. The average Bonchev–Trinajstić information content (AvgIpc) is 3.38. The first-order valence-corrected chi connectivity index (χ1v) is 10.1. The molecule has 3 aliphatic rings. The van der Waals surface area contributed by atoms with Crippen LogP contribution in [0.2, 0.25) is 0 Å². The largest absolute Gasteiger partial charge is 0.300 e. The smallest absolute Gasteiger partial charge is 0.0101 e. The zero-order valence-corrected chi connectivity index (χ0v) is 15.5. The van der Waals surface area contributed by atoms with Gasteiger partial charge in [0.25, 0.3) is 0 Å². The van der Waals surface area contributed by atoms with Crippen LogP contribution in [-0.4, -0.2) is 24.0 Å². The SMILES string of the molecule is CC1CN(C2CCC(C)(C3CC3)C2)CCC1/C=C\c1ccccc1. The Labute approximate surface area is 148 Å². The van der Waals surface area contributed by atoms with Gasteiger partial charge in [0.05, 0.1) is 0 Å². The van der Waals surface area contributed by atoms with Gasteiger partial charge in [0, 0.05) is 12.6 Å². The van der Waals surface area contributed by atoms with Crippen molar-refractivity contribution in [2.75, 3.05) is 13.1 Å². The van der Waals surface area contributed by atoms with Gasteiger partial charge in [-0.05, 0) is 73.8 Å². The average molecular weight is 324 g/mol. The lowest BCUT2D eigenvalue weighted by Crippen LogP contribution is -2.44. The lowest BCUT2D eigenvalue weighted by atomic mass is 9.82. The normalized spacial score (nSPS) is 38.0. The molecule has 1 heteroatoms. The maximum absolute atomic E-state index is 2.84. The summed E-state index contributed by atoms with van der Waals surface area (Å²) in [7, 11) is 0. The van der Waals surface area contributed by atoms with Gasteiger partial charge in [-0.15, -0.1) is 0 Å². The van der Waals surface area contributed by atoms with Crippen LogP contribution in [-0.2, 0) is 0 Å². The molecule has 1 aromatic carbocycles. The van der Waals surface area contributed by atoms with Crippen LogP contribution in [0, 0.1) is 23.2 Å². The molecular formula is C23H33N. The van der Waals surface area contributed by atoms with E-state index in [4.69, 9.17) is 0 Å². The summed E-state index contributed by atoms with van der Waals surface area (Å²) in [6.45, 7) is 7.64. The fourth-order valence-corrected chi connectivity index (χ4v) is 5.31. The quantitative estimate of drug-likeness (QED) is 0.694. The predicted molar refractivity (Wildman–Crippen MR) is 103 cm³/mol. The van der Waals surface area contributed by atoms with Gasteiger partial charge >= 0.3 is 0 Å². The summed E-state index contributed by atoms with van der Waals surface area (Å²) in [5.74, 6) is 2.59. The summed E-state index contributed by atoms with van der Waals surface area (Å²) in [4.78, 5) is 2.84. The minimum Gasteiger partial charge on any atom is -0.300 e. The van der Waals surface area contributed by atoms with Gasteiger partial charge in [-0.3, -0.25) is 0 Å². The van der Waals surface area contributed by atoms with Crippen molar-refractivity contribution < 1.29 is 0 Å². The highest BCUT2D eigenvalue weighted by molar-refractivity contribution is 5.49. The number of piperidine rings is 1. The van der Waals surface area contributed by atoms with Crippen molar-refractivity contribution in [3.05, 3.63) is 42.0 Å². The van der Waals surface area contributed by atoms with Crippen LogP contribution in [0.3, 0.4) is 0 Å². The van der Waals surface area contributed by atoms with E-state index in [2.05, 4.69) is 61.2 Å². The fraction of sp³-hybridized carbons (Fsp3) is 0.652. The summed E-state index contributed by atoms with van der Waals surface area (Å²) in [5.41, 5.74) is 2.01. The number of hydrogen-bond acceptors (Lipinski definition) is 1. The first-order chi connectivity index (χ1) is 11.6. The van der Waals surface area contributed by atoms with Crippen molar-refractivity contribution in [2.45, 2.75) is 58.4 Å². The van der Waals surface area contributed by atoms with Gasteiger partial charge in [0.15, 0.2) is 0 Å². The Morgan fingerprint density at radius 3 is 2.58 bits per heavy atom. The number of allylic oxidation sites excluding steroid dienone is 1. The van der Waals surface area contributed by atoms with Crippen molar-refractivity contribution in [1.29, 1.82) is 0 Å². The predicted octanol–water partition coefficient (Wildman–Crippen LogP) is 5.63. The molecule has 0 spiro atoms. The zero-order valence-electron chi connectivity index (χ0n) is 15.5. The molecule has 4 rings (SSSR count). The van der Waals surface area contributed by atoms with Crippen LogP contribution in [0.1, 0.15) is 57.9 Å². The van der Waals surface area contributed by atoms with Gasteiger partial charge < -0.3 is 4.90 Å². The molecule has 0 bridgehead atoms. The minimum absolute atomic E-state index is 0.679. The topological polar surface area (TPSA) is 3.24 Å². The molecule has 130 valence electrons. The summed E-state index contributed by atoms with van der Waals surface area (Å²) < 4.78 is 0. The molecule has 1 aromatic rings. The summed E-state index contributed by atoms with van der Waals surface area (Å²) >= 11 is 0. The van der Waals surface area contributed by atoms with Crippen molar-refractivity contribution in [3.63, 3.8) is 0 Å². The molecule has 1 nitrogen and oxygen atoms in total. The number of likely N-dealkylation sites (tertiary alicyclic amines) is 1. The molecule has 0 amide bonds. The number of rotatable bonds is 4. The van der Waals surface area contributed by atoms with Crippen LogP contribution < -0.4 is 0 Å². The van der Waals surface area contributed by atoms with Crippen molar-refractivity contribution in [2.24, 2.45) is 23.2 Å². The van der Waals surface area contributed by atoms with E-state index in [1.54, 1.807) is 0 Å². The van der Waals surface area contributed by atoms with E-state index in [-0.39, 0.29) is 0 Å². The molecule has 4 atom stereocenters. The van der Waals surface area contributed by atoms with Crippen LogP contribution in [0.25, 0.3) is 6.08 Å². The lowest BCUT2D eigenvalue weighted by molar-refractivity contribution is 0.0989. The van der Waals surface area contributed by atoms with Gasteiger partial charge in [-0.2, -0.15) is 0 Å². The Morgan fingerprint density at radius 2 is 1.88 bits per heavy atom. The van der Waals surface area contributed by atoms with E-state index in [9.17, 15) is 0 Å². The maximum atomic E-state index is 2.84. The molecule has 2 aliphatic carbocycles. The Hall–Kier alpha value is -1.08. The molecular weight excluding hydrogens is 290 g/mol. The highest BCUT2D eigenvalue weighted by atomic mass is 15.2. The minimum atomic E-state index is 0.679. The summed E-state index contributed by atoms with van der Waals surface area (Å²) in [5, 5.41) is 0. The molecule has 3 fully saturated rings. The molecule has 1 aliphatic heterocycles. The second kappa shape index (κ2) is 6.67. The first kappa shape index (κ1) is 16.4. The molecule has 0 N–H and O–H groups in total. The van der Waals surface area contributed by atoms with E-state index in [1.165, 1.54) is 57.2 Å². The third-order valence-corrected chi connectivity index (χ3v) is 7.17. The third kappa shape index (κ3) is 3.47. The van der Waals surface area contributed by atoms with Crippen LogP contribution in [0.5, 0.6) is 0 Å². The van der Waals surface area contributed by atoms with Gasteiger partial charge in [0.1, 0.15) is 0 Å². The standard InChI is InChI=1S/C23H33N/c1-18-17-24(22-12-14-23(2,16-22)21-10-11-21)15-13-20(18)9-8-19-6-4-3-5-7-19/h3-9,18,20-22H,10-17H2,1-2H3/b9-8-. The molecule has 1 heterocycles. The maximum Gasteiger partial charge on any atom is 0.0101 e. The van der Waals surface area contributed by atoms with Crippen molar-refractivity contribution >= 4 is 6.08 Å². The number of hydrogen-bond donors (Lipinski definition) is 0. The highest BCUT2D eigenvalue weighted by Gasteiger charge is 2.47. The number of benzene rings is 1. The second-order valence-electron chi connectivity index (χ2n) is 9.02.